The predicted molar refractivity (Wildman–Crippen MR) is 96.4 cm³/mol. The Morgan fingerprint density at radius 1 is 1.04 bits per heavy atom. The van der Waals surface area contributed by atoms with Crippen LogP contribution in [-0.2, 0) is 0 Å². The van der Waals surface area contributed by atoms with E-state index >= 15 is 0 Å². The van der Waals surface area contributed by atoms with Gasteiger partial charge < -0.3 is 14.2 Å². The summed E-state index contributed by atoms with van der Waals surface area (Å²) >= 11 is 6.06. The third-order valence-corrected chi connectivity index (χ3v) is 4.34. The van der Waals surface area contributed by atoms with Crippen LogP contribution in [0.3, 0.4) is 0 Å². The second-order valence-corrected chi connectivity index (χ2v) is 6.06. The number of para-hydroxylation sites is 1. The van der Waals surface area contributed by atoms with Crippen molar-refractivity contribution in [2.45, 2.75) is 6.92 Å². The van der Waals surface area contributed by atoms with Crippen molar-refractivity contribution in [1.29, 1.82) is 0 Å². The van der Waals surface area contributed by atoms with Crippen LogP contribution >= 0.6 is 11.6 Å². The van der Waals surface area contributed by atoms with Gasteiger partial charge in [0.15, 0.2) is 5.76 Å². The summed E-state index contributed by atoms with van der Waals surface area (Å²) < 4.78 is 11.0. The molecule has 4 rings (SSSR count). The molecule has 0 fully saturated rings. The molecule has 0 saturated heterocycles. The molecule has 2 heterocycles. The number of aryl methyl sites for hydroxylation is 1. The number of nitrogens with one attached hydrogen (secondary N) is 1. The number of hydrogen-bond acceptors (Lipinski definition) is 4. The van der Waals surface area contributed by atoms with Crippen LogP contribution < -0.4 is 10.7 Å². The Hall–Kier alpha value is -3.05. The Balaban J connectivity index is 1.74. The Morgan fingerprint density at radius 3 is 2.64 bits per heavy atom. The summed E-state index contributed by atoms with van der Waals surface area (Å²) in [5.41, 5.74) is 1.61. The van der Waals surface area contributed by atoms with Crippen LogP contribution in [-0.4, -0.2) is 5.91 Å². The molecule has 0 saturated carbocycles. The number of furan rings is 1. The fourth-order valence-electron chi connectivity index (χ4n) is 2.57. The van der Waals surface area contributed by atoms with Gasteiger partial charge in [-0.05, 0) is 36.8 Å². The lowest BCUT2D eigenvalue weighted by Gasteiger charge is -2.04. The second kappa shape index (κ2) is 5.79. The first kappa shape index (κ1) is 15.5. The Morgan fingerprint density at radius 2 is 1.84 bits per heavy atom. The average Bonchev–Trinajstić information content (AvgIpc) is 3.03. The van der Waals surface area contributed by atoms with Gasteiger partial charge in [0.1, 0.15) is 11.0 Å². The zero-order valence-electron chi connectivity index (χ0n) is 13.1. The van der Waals surface area contributed by atoms with Gasteiger partial charge in [-0.25, -0.2) is 0 Å². The fraction of sp³-hybridized carbons (Fsp3) is 0.0526. The monoisotopic (exact) mass is 353 g/mol. The summed E-state index contributed by atoms with van der Waals surface area (Å²) in [5, 5.41) is 3.90. The molecule has 4 aromatic rings. The maximum absolute atomic E-state index is 12.5. The van der Waals surface area contributed by atoms with Crippen molar-refractivity contribution in [3.8, 4) is 0 Å². The summed E-state index contributed by atoms with van der Waals surface area (Å²) in [7, 11) is 0. The number of amides is 1. The average molecular weight is 354 g/mol. The molecule has 0 aliphatic heterocycles. The highest BCUT2D eigenvalue weighted by atomic mass is 35.5. The highest BCUT2D eigenvalue weighted by Gasteiger charge is 2.18. The molecule has 0 spiro atoms. The van der Waals surface area contributed by atoms with E-state index in [2.05, 4.69) is 5.32 Å². The van der Waals surface area contributed by atoms with Gasteiger partial charge >= 0.3 is 5.78 Å². The normalized spacial score (nSPS) is 11.1. The molecule has 1 N–H and O–H groups in total. The number of halogens is 1. The SMILES string of the molecule is Cc1ccc(NC(=O)c2cc3c(=O)c4ccccc4oc3o2)cc1Cl. The van der Waals surface area contributed by atoms with Gasteiger partial charge in [0.25, 0.3) is 5.91 Å². The molecule has 5 nitrogen and oxygen atoms in total. The molecule has 0 aliphatic rings. The lowest BCUT2D eigenvalue weighted by Crippen LogP contribution is -2.10. The van der Waals surface area contributed by atoms with E-state index in [0.717, 1.165) is 5.56 Å². The van der Waals surface area contributed by atoms with E-state index in [1.165, 1.54) is 6.07 Å². The second-order valence-electron chi connectivity index (χ2n) is 5.66. The molecule has 124 valence electrons. The van der Waals surface area contributed by atoms with Crippen molar-refractivity contribution in [3.63, 3.8) is 0 Å². The van der Waals surface area contributed by atoms with Crippen LogP contribution in [0.1, 0.15) is 16.1 Å². The first-order valence-electron chi connectivity index (χ1n) is 7.56. The Labute approximate surface area is 146 Å². The van der Waals surface area contributed by atoms with Crippen LogP contribution in [0.4, 0.5) is 5.69 Å². The van der Waals surface area contributed by atoms with Crippen LogP contribution in [0.25, 0.3) is 22.1 Å². The van der Waals surface area contributed by atoms with Crippen molar-refractivity contribution >= 4 is 45.3 Å². The van der Waals surface area contributed by atoms with Crippen LogP contribution in [0.5, 0.6) is 0 Å². The van der Waals surface area contributed by atoms with Crippen molar-refractivity contribution < 1.29 is 13.6 Å². The number of fused-ring (bicyclic) bond motifs is 2. The maximum Gasteiger partial charge on any atom is 0.302 e. The Bertz CT molecular complexity index is 1190. The van der Waals surface area contributed by atoms with E-state index in [4.69, 9.17) is 20.4 Å². The van der Waals surface area contributed by atoms with E-state index in [1.54, 1.807) is 42.5 Å². The minimum Gasteiger partial charge on any atom is -0.425 e. The zero-order valence-corrected chi connectivity index (χ0v) is 13.9. The van der Waals surface area contributed by atoms with E-state index in [1.807, 2.05) is 6.92 Å². The highest BCUT2D eigenvalue weighted by Crippen LogP contribution is 2.24. The molecule has 2 aromatic carbocycles. The third kappa shape index (κ3) is 2.68. The van der Waals surface area contributed by atoms with Crippen molar-refractivity contribution in [2.75, 3.05) is 5.32 Å². The molecule has 0 atom stereocenters. The van der Waals surface area contributed by atoms with Gasteiger partial charge in [0.05, 0.1) is 5.39 Å². The summed E-state index contributed by atoms with van der Waals surface area (Å²) in [6.45, 7) is 1.87. The molecular formula is C19H12ClNO4. The molecule has 0 bridgehead atoms. The highest BCUT2D eigenvalue weighted by molar-refractivity contribution is 6.31. The van der Waals surface area contributed by atoms with E-state index in [9.17, 15) is 9.59 Å². The summed E-state index contributed by atoms with van der Waals surface area (Å²) in [6.07, 6.45) is 0. The summed E-state index contributed by atoms with van der Waals surface area (Å²) in [6, 6.07) is 13.4. The van der Waals surface area contributed by atoms with Gasteiger partial charge in [-0.2, -0.15) is 0 Å². The molecule has 25 heavy (non-hydrogen) atoms. The molecular weight excluding hydrogens is 342 g/mol. The molecule has 0 radical (unpaired) electrons. The quantitative estimate of drug-likeness (QED) is 0.564. The minimum absolute atomic E-state index is 0.0112. The minimum atomic E-state index is -0.491. The van der Waals surface area contributed by atoms with Crippen molar-refractivity contribution in [3.05, 3.63) is 75.1 Å². The number of carbonyl (C=O) groups excluding carboxylic acids is 1. The molecule has 1 amide bonds. The number of benzene rings is 2. The van der Waals surface area contributed by atoms with Gasteiger partial charge in [-0.1, -0.05) is 29.8 Å². The maximum atomic E-state index is 12.5. The first-order valence-corrected chi connectivity index (χ1v) is 7.93. The predicted octanol–water partition coefficient (Wildman–Crippen LogP) is 4.75. The lowest BCUT2D eigenvalue weighted by molar-refractivity contribution is 0.0997. The molecule has 0 unspecified atom stereocenters. The number of anilines is 1. The van der Waals surface area contributed by atoms with Gasteiger partial charge in [0, 0.05) is 16.8 Å². The third-order valence-electron chi connectivity index (χ3n) is 3.93. The van der Waals surface area contributed by atoms with Crippen molar-refractivity contribution in [1.82, 2.24) is 0 Å². The molecule has 6 heteroatoms. The first-order chi connectivity index (χ1) is 12.0. The van der Waals surface area contributed by atoms with Crippen molar-refractivity contribution in [2.24, 2.45) is 0 Å². The van der Waals surface area contributed by atoms with Crippen LogP contribution in [0.15, 0.2) is 62.2 Å². The summed E-state index contributed by atoms with van der Waals surface area (Å²) in [4.78, 5) is 24.9. The zero-order chi connectivity index (χ0) is 17.6. The molecule has 0 aliphatic carbocycles. The van der Waals surface area contributed by atoms with Crippen LogP contribution in [0, 0.1) is 6.92 Å². The number of carbonyl (C=O) groups is 1. The number of hydrogen-bond donors (Lipinski definition) is 1. The lowest BCUT2D eigenvalue weighted by atomic mass is 10.2. The van der Waals surface area contributed by atoms with Crippen LogP contribution in [0.2, 0.25) is 5.02 Å². The van der Waals surface area contributed by atoms with E-state index in [-0.39, 0.29) is 22.4 Å². The molecule has 2 aromatic heterocycles. The Kier molecular flexibility index (Phi) is 3.58. The largest absolute Gasteiger partial charge is 0.425 e. The van der Waals surface area contributed by atoms with Gasteiger partial charge in [-0.15, -0.1) is 0 Å². The van der Waals surface area contributed by atoms with E-state index < -0.39 is 5.91 Å². The summed E-state index contributed by atoms with van der Waals surface area (Å²) in [5.74, 6) is -0.478. The topological polar surface area (TPSA) is 72.5 Å². The van der Waals surface area contributed by atoms with E-state index in [0.29, 0.717) is 21.7 Å². The smallest absolute Gasteiger partial charge is 0.302 e. The van der Waals surface area contributed by atoms with Gasteiger partial charge in [0.2, 0.25) is 5.43 Å². The number of rotatable bonds is 2. The standard InChI is InChI=1S/C19H12ClNO4/c1-10-6-7-11(8-14(10)20)21-18(23)16-9-13-17(22)12-4-2-3-5-15(12)24-19(13)25-16/h2-9H,1H3,(H,21,23). The van der Waals surface area contributed by atoms with Gasteiger partial charge in [-0.3, -0.25) is 9.59 Å². The fourth-order valence-corrected chi connectivity index (χ4v) is 2.75.